The zero-order valence-electron chi connectivity index (χ0n) is 16.8. The third kappa shape index (κ3) is 5.49. The molecule has 0 bridgehead atoms. The van der Waals surface area contributed by atoms with Crippen molar-refractivity contribution in [3.8, 4) is 23.0 Å². The molecular formula is C22H28N2O4. The SMILES string of the molecule is CCOc1cccc(C=N[C@@H](C)[C@@H](C)N=Cc2cccc(OCC)c2O)c1O. The number of hydrogen-bond donors (Lipinski definition) is 2. The Morgan fingerprint density at radius 3 is 1.54 bits per heavy atom. The van der Waals surface area contributed by atoms with Gasteiger partial charge in [0.15, 0.2) is 23.0 Å². The van der Waals surface area contributed by atoms with Gasteiger partial charge in [0.1, 0.15) is 0 Å². The van der Waals surface area contributed by atoms with Crippen LogP contribution in [0.25, 0.3) is 0 Å². The summed E-state index contributed by atoms with van der Waals surface area (Å²) in [7, 11) is 0. The fraction of sp³-hybridized carbons (Fsp3) is 0.364. The maximum atomic E-state index is 10.2. The van der Waals surface area contributed by atoms with Crippen LogP contribution in [0.4, 0.5) is 0 Å². The van der Waals surface area contributed by atoms with E-state index in [1.54, 1.807) is 36.7 Å². The van der Waals surface area contributed by atoms with E-state index in [0.29, 0.717) is 35.8 Å². The van der Waals surface area contributed by atoms with Gasteiger partial charge >= 0.3 is 0 Å². The molecule has 6 heteroatoms. The minimum absolute atomic E-state index is 0.0779. The minimum atomic E-state index is -0.122. The van der Waals surface area contributed by atoms with Crippen LogP contribution < -0.4 is 9.47 Å². The maximum Gasteiger partial charge on any atom is 0.166 e. The van der Waals surface area contributed by atoms with Crippen molar-refractivity contribution in [3.05, 3.63) is 47.5 Å². The first kappa shape index (κ1) is 21.3. The van der Waals surface area contributed by atoms with Crippen molar-refractivity contribution in [1.82, 2.24) is 0 Å². The van der Waals surface area contributed by atoms with Crippen molar-refractivity contribution in [2.24, 2.45) is 9.98 Å². The van der Waals surface area contributed by atoms with Crippen molar-refractivity contribution >= 4 is 12.4 Å². The number of aromatic hydroxyl groups is 2. The van der Waals surface area contributed by atoms with Gasteiger partial charge in [-0.2, -0.15) is 0 Å². The molecule has 2 aromatic rings. The average Bonchev–Trinajstić information content (AvgIpc) is 2.69. The van der Waals surface area contributed by atoms with Crippen molar-refractivity contribution in [2.75, 3.05) is 13.2 Å². The molecule has 0 aliphatic rings. The molecular weight excluding hydrogens is 356 g/mol. The summed E-state index contributed by atoms with van der Waals surface area (Å²) in [5.41, 5.74) is 1.19. The van der Waals surface area contributed by atoms with Crippen molar-refractivity contribution in [3.63, 3.8) is 0 Å². The highest BCUT2D eigenvalue weighted by atomic mass is 16.5. The summed E-state index contributed by atoms with van der Waals surface area (Å²) in [5, 5.41) is 20.5. The minimum Gasteiger partial charge on any atom is -0.504 e. The summed E-state index contributed by atoms with van der Waals surface area (Å²) < 4.78 is 10.8. The highest BCUT2D eigenvalue weighted by Gasteiger charge is 2.11. The first-order chi connectivity index (χ1) is 13.5. The van der Waals surface area contributed by atoms with Gasteiger partial charge in [-0.05, 0) is 52.0 Å². The lowest BCUT2D eigenvalue weighted by Gasteiger charge is -2.12. The van der Waals surface area contributed by atoms with Gasteiger partial charge in [-0.25, -0.2) is 0 Å². The Kier molecular flexibility index (Phi) is 7.87. The van der Waals surface area contributed by atoms with Crippen molar-refractivity contribution in [1.29, 1.82) is 0 Å². The van der Waals surface area contributed by atoms with Crippen LogP contribution in [0.2, 0.25) is 0 Å². The molecule has 2 aromatic carbocycles. The molecule has 6 nitrogen and oxygen atoms in total. The number of aliphatic imine (C=N–C) groups is 2. The monoisotopic (exact) mass is 384 g/mol. The van der Waals surface area contributed by atoms with Crippen molar-refractivity contribution in [2.45, 2.75) is 39.8 Å². The number of rotatable bonds is 9. The van der Waals surface area contributed by atoms with Crippen LogP contribution in [0, 0.1) is 0 Å². The zero-order valence-corrected chi connectivity index (χ0v) is 16.8. The summed E-state index contributed by atoms with van der Waals surface area (Å²) in [4.78, 5) is 8.99. The molecule has 0 unspecified atom stereocenters. The normalized spacial score (nSPS) is 13.7. The van der Waals surface area contributed by atoms with E-state index in [4.69, 9.17) is 9.47 Å². The number of para-hydroxylation sites is 2. The van der Waals surface area contributed by atoms with Gasteiger partial charge < -0.3 is 19.7 Å². The quantitative estimate of drug-likeness (QED) is 0.634. The average molecular weight is 384 g/mol. The number of phenols is 2. The predicted octanol–water partition coefficient (Wildman–Crippen LogP) is 4.21. The van der Waals surface area contributed by atoms with Gasteiger partial charge in [0.05, 0.1) is 25.3 Å². The Hall–Kier alpha value is -3.02. The molecule has 0 aliphatic heterocycles. The molecule has 0 fully saturated rings. The summed E-state index contributed by atoms with van der Waals surface area (Å²) in [6.07, 6.45) is 3.25. The van der Waals surface area contributed by atoms with Gasteiger partial charge in [-0.3, -0.25) is 9.98 Å². The standard InChI is InChI=1S/C22H28N2O4/c1-5-27-19-11-7-9-17(21(19)25)13-23-15(3)16(4)24-14-18-10-8-12-20(22(18)26)28-6-2/h7-16,25-26H,5-6H2,1-4H3/t15-,16+. The topological polar surface area (TPSA) is 83.6 Å². The number of benzene rings is 2. The smallest absolute Gasteiger partial charge is 0.166 e. The second kappa shape index (κ2) is 10.3. The molecule has 0 aliphatic carbocycles. The van der Waals surface area contributed by atoms with Crippen LogP contribution in [0.3, 0.4) is 0 Å². The number of ether oxygens (including phenoxy) is 2. The summed E-state index contributed by atoms with van der Waals surface area (Å²) in [6.45, 7) is 8.58. The van der Waals surface area contributed by atoms with Crippen LogP contribution in [-0.2, 0) is 0 Å². The first-order valence-corrected chi connectivity index (χ1v) is 9.43. The van der Waals surface area contributed by atoms with E-state index in [0.717, 1.165) is 0 Å². The van der Waals surface area contributed by atoms with Gasteiger partial charge in [-0.15, -0.1) is 0 Å². The van der Waals surface area contributed by atoms with E-state index in [-0.39, 0.29) is 23.6 Å². The zero-order chi connectivity index (χ0) is 20.5. The Morgan fingerprint density at radius 2 is 1.18 bits per heavy atom. The fourth-order valence-corrected chi connectivity index (χ4v) is 2.48. The molecule has 28 heavy (non-hydrogen) atoms. The lowest BCUT2D eigenvalue weighted by atomic mass is 10.1. The van der Waals surface area contributed by atoms with Gasteiger partial charge in [0, 0.05) is 23.6 Å². The summed E-state index contributed by atoms with van der Waals surface area (Å²) >= 11 is 0. The Morgan fingerprint density at radius 1 is 0.786 bits per heavy atom. The molecule has 150 valence electrons. The molecule has 2 N–H and O–H groups in total. The van der Waals surface area contributed by atoms with E-state index in [1.165, 1.54) is 0 Å². The lowest BCUT2D eigenvalue weighted by Crippen LogP contribution is -2.16. The highest BCUT2D eigenvalue weighted by Crippen LogP contribution is 2.29. The Bertz CT molecular complexity index is 764. The van der Waals surface area contributed by atoms with Crippen LogP contribution in [0.15, 0.2) is 46.4 Å². The van der Waals surface area contributed by atoms with Gasteiger partial charge in [0.25, 0.3) is 0 Å². The van der Waals surface area contributed by atoms with E-state index < -0.39 is 0 Å². The van der Waals surface area contributed by atoms with Crippen LogP contribution in [0.1, 0.15) is 38.8 Å². The van der Waals surface area contributed by atoms with Crippen molar-refractivity contribution < 1.29 is 19.7 Å². The summed E-state index contributed by atoms with van der Waals surface area (Å²) in [6, 6.07) is 10.4. The van der Waals surface area contributed by atoms with Gasteiger partial charge in [0.2, 0.25) is 0 Å². The molecule has 0 radical (unpaired) electrons. The predicted molar refractivity (Wildman–Crippen MR) is 113 cm³/mol. The van der Waals surface area contributed by atoms with E-state index in [9.17, 15) is 10.2 Å². The fourth-order valence-electron chi connectivity index (χ4n) is 2.48. The lowest BCUT2D eigenvalue weighted by molar-refractivity contribution is 0.318. The Balaban J connectivity index is 2.08. The highest BCUT2D eigenvalue weighted by molar-refractivity contribution is 5.86. The largest absolute Gasteiger partial charge is 0.504 e. The molecule has 0 amide bonds. The second-order valence-electron chi connectivity index (χ2n) is 6.29. The van der Waals surface area contributed by atoms with E-state index in [2.05, 4.69) is 9.98 Å². The number of phenolic OH excluding ortho intramolecular Hbond substituents is 2. The third-order valence-electron chi connectivity index (χ3n) is 4.26. The number of hydrogen-bond acceptors (Lipinski definition) is 6. The van der Waals surface area contributed by atoms with Gasteiger partial charge in [-0.1, -0.05) is 12.1 Å². The first-order valence-electron chi connectivity index (χ1n) is 9.43. The maximum absolute atomic E-state index is 10.2. The molecule has 2 rings (SSSR count). The number of nitrogens with zero attached hydrogens (tertiary/aromatic N) is 2. The third-order valence-corrected chi connectivity index (χ3v) is 4.26. The molecule has 0 saturated carbocycles. The van der Waals surface area contributed by atoms with Crippen LogP contribution >= 0.6 is 0 Å². The molecule has 2 atom stereocenters. The van der Waals surface area contributed by atoms with E-state index >= 15 is 0 Å². The second-order valence-corrected chi connectivity index (χ2v) is 6.29. The van der Waals surface area contributed by atoms with Crippen LogP contribution in [0.5, 0.6) is 23.0 Å². The molecule has 0 spiro atoms. The van der Waals surface area contributed by atoms with Crippen LogP contribution in [-0.4, -0.2) is 47.9 Å². The molecule has 0 heterocycles. The molecule has 0 saturated heterocycles. The van der Waals surface area contributed by atoms with E-state index in [1.807, 2.05) is 39.8 Å². The summed E-state index contributed by atoms with van der Waals surface area (Å²) in [5.74, 6) is 1.04. The molecule has 0 aromatic heterocycles. The Labute approximate surface area is 166 Å².